The highest BCUT2D eigenvalue weighted by molar-refractivity contribution is 6.03. The Morgan fingerprint density at radius 3 is 2.63 bits per heavy atom. The first-order valence-electron chi connectivity index (χ1n) is 8.85. The minimum absolute atomic E-state index is 0.0572. The molecule has 0 atom stereocenters. The highest BCUT2D eigenvalue weighted by atomic mass is 16.2. The fourth-order valence-electron chi connectivity index (χ4n) is 3.25. The van der Waals surface area contributed by atoms with E-state index >= 15 is 0 Å². The summed E-state index contributed by atoms with van der Waals surface area (Å²) in [6.45, 7) is 0.960. The van der Waals surface area contributed by atoms with E-state index in [0.717, 1.165) is 22.4 Å². The molecular formula is C22H19N3O2. The van der Waals surface area contributed by atoms with Crippen LogP contribution in [0.25, 0.3) is 0 Å². The summed E-state index contributed by atoms with van der Waals surface area (Å²) >= 11 is 0. The predicted molar refractivity (Wildman–Crippen MR) is 103 cm³/mol. The van der Waals surface area contributed by atoms with Gasteiger partial charge < -0.3 is 10.2 Å². The van der Waals surface area contributed by atoms with Crippen LogP contribution in [-0.2, 0) is 24.3 Å². The third-order valence-corrected chi connectivity index (χ3v) is 4.63. The zero-order chi connectivity index (χ0) is 18.6. The van der Waals surface area contributed by atoms with Crippen molar-refractivity contribution in [1.29, 1.82) is 0 Å². The molecular weight excluding hydrogens is 338 g/mol. The van der Waals surface area contributed by atoms with Gasteiger partial charge in [-0.3, -0.25) is 14.6 Å². The van der Waals surface area contributed by atoms with Crippen molar-refractivity contribution in [2.24, 2.45) is 0 Å². The van der Waals surface area contributed by atoms with Gasteiger partial charge in [0, 0.05) is 30.2 Å². The van der Waals surface area contributed by atoms with E-state index in [2.05, 4.69) is 10.3 Å². The lowest BCUT2D eigenvalue weighted by atomic mass is 10.1. The average molecular weight is 357 g/mol. The molecule has 4 rings (SSSR count). The third-order valence-electron chi connectivity index (χ3n) is 4.63. The summed E-state index contributed by atoms with van der Waals surface area (Å²) in [7, 11) is 0. The molecule has 2 heterocycles. The zero-order valence-electron chi connectivity index (χ0n) is 14.8. The number of pyridine rings is 1. The van der Waals surface area contributed by atoms with Crippen LogP contribution in [0.4, 0.5) is 5.69 Å². The van der Waals surface area contributed by atoms with Crippen molar-refractivity contribution in [3.63, 3.8) is 0 Å². The second-order valence-electron chi connectivity index (χ2n) is 6.53. The average Bonchev–Trinajstić information content (AvgIpc) is 3.02. The molecule has 2 aromatic carbocycles. The molecule has 27 heavy (non-hydrogen) atoms. The first-order valence-corrected chi connectivity index (χ1v) is 8.85. The summed E-state index contributed by atoms with van der Waals surface area (Å²) < 4.78 is 0. The maximum atomic E-state index is 12.4. The van der Waals surface area contributed by atoms with E-state index in [1.54, 1.807) is 23.4 Å². The van der Waals surface area contributed by atoms with Gasteiger partial charge in [-0.05, 0) is 41.0 Å². The summed E-state index contributed by atoms with van der Waals surface area (Å²) in [6.07, 6.45) is 3.75. The number of hydrogen-bond donors (Lipinski definition) is 1. The molecule has 0 bridgehead atoms. The largest absolute Gasteiger partial charge is 0.348 e. The number of carbonyl (C=O) groups excluding carboxylic acids is 2. The normalized spacial score (nSPS) is 12.7. The molecule has 0 saturated heterocycles. The van der Waals surface area contributed by atoms with E-state index in [9.17, 15) is 9.59 Å². The molecule has 134 valence electrons. The Morgan fingerprint density at radius 1 is 1.04 bits per heavy atom. The Labute approximate surface area is 157 Å². The molecule has 0 spiro atoms. The molecule has 2 amide bonds. The number of carbonyl (C=O) groups is 2. The number of nitrogens with one attached hydrogen (secondary N) is 1. The number of fused-ring (bicyclic) bond motifs is 1. The Hall–Kier alpha value is -3.47. The number of benzene rings is 2. The molecule has 5 nitrogen and oxygen atoms in total. The van der Waals surface area contributed by atoms with Crippen molar-refractivity contribution in [3.05, 3.63) is 95.3 Å². The quantitative estimate of drug-likeness (QED) is 0.763. The fourth-order valence-corrected chi connectivity index (χ4v) is 3.25. The molecule has 3 aromatic rings. The molecule has 1 N–H and O–H groups in total. The van der Waals surface area contributed by atoms with Crippen LogP contribution in [0, 0.1) is 0 Å². The van der Waals surface area contributed by atoms with Gasteiger partial charge in [0.2, 0.25) is 5.91 Å². The maximum Gasteiger partial charge on any atom is 0.251 e. The minimum atomic E-state index is -0.157. The van der Waals surface area contributed by atoms with Crippen molar-refractivity contribution < 1.29 is 9.59 Å². The van der Waals surface area contributed by atoms with Crippen molar-refractivity contribution in [1.82, 2.24) is 10.3 Å². The van der Waals surface area contributed by atoms with Gasteiger partial charge >= 0.3 is 0 Å². The first kappa shape index (κ1) is 17.0. The predicted octanol–water partition coefficient (Wildman–Crippen LogP) is 3.10. The van der Waals surface area contributed by atoms with Crippen LogP contribution in [0.2, 0.25) is 0 Å². The number of hydrogen-bond acceptors (Lipinski definition) is 3. The van der Waals surface area contributed by atoms with Gasteiger partial charge in [-0.25, -0.2) is 0 Å². The van der Waals surface area contributed by atoms with E-state index in [1.807, 2.05) is 54.6 Å². The zero-order valence-corrected chi connectivity index (χ0v) is 14.8. The van der Waals surface area contributed by atoms with Crippen molar-refractivity contribution in [2.75, 3.05) is 4.90 Å². The Morgan fingerprint density at radius 2 is 1.85 bits per heavy atom. The highest BCUT2D eigenvalue weighted by Crippen LogP contribution is 2.31. The van der Waals surface area contributed by atoms with Gasteiger partial charge in [-0.15, -0.1) is 0 Å². The Balaban J connectivity index is 1.48. The Kier molecular flexibility index (Phi) is 4.66. The van der Waals surface area contributed by atoms with Gasteiger partial charge in [-0.1, -0.05) is 36.4 Å². The van der Waals surface area contributed by atoms with Crippen LogP contribution >= 0.6 is 0 Å². The summed E-state index contributed by atoms with van der Waals surface area (Å²) in [5.74, 6) is -0.0996. The van der Waals surface area contributed by atoms with Gasteiger partial charge in [0.25, 0.3) is 5.91 Å². The number of anilines is 1. The molecule has 0 unspecified atom stereocenters. The van der Waals surface area contributed by atoms with Crippen molar-refractivity contribution in [3.8, 4) is 0 Å². The summed E-state index contributed by atoms with van der Waals surface area (Å²) in [5, 5.41) is 2.89. The summed E-state index contributed by atoms with van der Waals surface area (Å²) in [5.41, 5.74) is 4.36. The van der Waals surface area contributed by atoms with E-state index in [4.69, 9.17) is 0 Å². The minimum Gasteiger partial charge on any atom is -0.348 e. The van der Waals surface area contributed by atoms with E-state index in [-0.39, 0.29) is 11.8 Å². The molecule has 0 fully saturated rings. The molecule has 1 aromatic heterocycles. The smallest absolute Gasteiger partial charge is 0.251 e. The van der Waals surface area contributed by atoms with E-state index in [0.29, 0.717) is 25.1 Å². The lowest BCUT2D eigenvalue weighted by Crippen LogP contribution is -2.26. The SMILES string of the molecule is O=C(NCc1cccnc1)c1ccc2c(c1)CC(=O)N2Cc1ccccc1. The van der Waals surface area contributed by atoms with Crippen LogP contribution < -0.4 is 10.2 Å². The first-order chi connectivity index (χ1) is 13.2. The van der Waals surface area contributed by atoms with Crippen molar-refractivity contribution in [2.45, 2.75) is 19.5 Å². The lowest BCUT2D eigenvalue weighted by Gasteiger charge is -2.17. The molecule has 0 radical (unpaired) electrons. The van der Waals surface area contributed by atoms with Crippen LogP contribution in [0.5, 0.6) is 0 Å². The highest BCUT2D eigenvalue weighted by Gasteiger charge is 2.28. The topological polar surface area (TPSA) is 62.3 Å². The van der Waals surface area contributed by atoms with E-state index in [1.165, 1.54) is 0 Å². The van der Waals surface area contributed by atoms with E-state index < -0.39 is 0 Å². The standard InChI is InChI=1S/C22H19N3O2/c26-21-12-19-11-18(22(27)24-14-17-7-4-10-23-13-17)8-9-20(19)25(21)15-16-5-2-1-3-6-16/h1-11,13H,12,14-15H2,(H,24,27). The molecule has 0 aliphatic carbocycles. The van der Waals surface area contributed by atoms with Gasteiger partial charge in [0.05, 0.1) is 13.0 Å². The van der Waals surface area contributed by atoms with Gasteiger partial charge in [0.1, 0.15) is 0 Å². The lowest BCUT2D eigenvalue weighted by molar-refractivity contribution is -0.117. The molecule has 5 heteroatoms. The van der Waals surface area contributed by atoms with Gasteiger partial charge in [0.15, 0.2) is 0 Å². The summed E-state index contributed by atoms with van der Waals surface area (Å²) in [4.78, 5) is 30.7. The monoisotopic (exact) mass is 357 g/mol. The number of aromatic nitrogens is 1. The second-order valence-corrected chi connectivity index (χ2v) is 6.53. The van der Waals surface area contributed by atoms with Crippen LogP contribution in [-0.4, -0.2) is 16.8 Å². The second kappa shape index (κ2) is 7.41. The maximum absolute atomic E-state index is 12.4. The molecule has 1 aliphatic heterocycles. The third kappa shape index (κ3) is 3.72. The van der Waals surface area contributed by atoms with Crippen LogP contribution in [0.3, 0.4) is 0 Å². The fraction of sp³-hybridized carbons (Fsp3) is 0.136. The molecule has 1 aliphatic rings. The number of nitrogens with zero attached hydrogens (tertiary/aromatic N) is 2. The van der Waals surface area contributed by atoms with Crippen LogP contribution in [0.15, 0.2) is 73.1 Å². The Bertz CT molecular complexity index is 971. The number of amides is 2. The van der Waals surface area contributed by atoms with Crippen molar-refractivity contribution >= 4 is 17.5 Å². The number of rotatable bonds is 5. The van der Waals surface area contributed by atoms with Gasteiger partial charge in [-0.2, -0.15) is 0 Å². The summed E-state index contributed by atoms with van der Waals surface area (Å²) in [6, 6.07) is 19.1. The van der Waals surface area contributed by atoms with Crippen LogP contribution in [0.1, 0.15) is 27.0 Å². The molecule has 0 saturated carbocycles.